The molecule has 1 amide bonds. The second-order valence-corrected chi connectivity index (χ2v) is 6.92. The minimum absolute atomic E-state index is 0. The minimum Gasteiger partial charge on any atom is -0.356 e. The number of hydrogen-bond donors (Lipinski definition) is 2. The summed E-state index contributed by atoms with van der Waals surface area (Å²) in [5, 5.41) is 5.62. The number of nitrogens with one attached hydrogen (secondary N) is 1. The second-order valence-electron chi connectivity index (χ2n) is 5.98. The van der Waals surface area contributed by atoms with Crippen LogP contribution in [0.1, 0.15) is 39.9 Å². The van der Waals surface area contributed by atoms with Gasteiger partial charge >= 0.3 is 0 Å². The number of carbonyl (C=O) groups excluding carboxylic acids is 1. The highest BCUT2D eigenvalue weighted by atomic mass is 35.5. The molecule has 1 saturated heterocycles. The zero-order chi connectivity index (χ0) is 17.1. The van der Waals surface area contributed by atoms with Crippen molar-refractivity contribution in [1.82, 2.24) is 20.3 Å². The number of hydrogen-bond acceptors (Lipinski definition) is 7. The van der Waals surface area contributed by atoms with E-state index in [1.165, 1.54) is 11.3 Å². The number of carbonyl (C=O) groups is 1. The van der Waals surface area contributed by atoms with Gasteiger partial charge in [-0.3, -0.25) is 4.79 Å². The van der Waals surface area contributed by atoms with Crippen molar-refractivity contribution in [2.45, 2.75) is 39.3 Å². The van der Waals surface area contributed by atoms with Gasteiger partial charge in [0.1, 0.15) is 22.3 Å². The molecule has 0 aromatic carbocycles. The predicted molar refractivity (Wildman–Crippen MR) is 109 cm³/mol. The Hall–Kier alpha value is -1.48. The molecule has 0 aliphatic carbocycles. The molecule has 1 fully saturated rings. The number of amides is 1. The number of nitrogens with two attached hydrogens (primary N) is 1. The Balaban J connectivity index is 0.00000169. The largest absolute Gasteiger partial charge is 0.356 e. The molecule has 1 aliphatic rings. The fourth-order valence-corrected chi connectivity index (χ4v) is 3.54. The maximum absolute atomic E-state index is 12.2. The third kappa shape index (κ3) is 5.51. The van der Waals surface area contributed by atoms with Crippen molar-refractivity contribution in [3.8, 4) is 0 Å². The first-order valence-corrected chi connectivity index (χ1v) is 8.95. The first kappa shape index (κ1) is 22.6. The highest BCUT2D eigenvalue weighted by Crippen LogP contribution is 2.19. The molecule has 0 radical (unpaired) electrons. The fourth-order valence-electron chi connectivity index (χ4n) is 2.88. The van der Waals surface area contributed by atoms with Crippen LogP contribution in [-0.2, 0) is 6.54 Å². The van der Waals surface area contributed by atoms with Crippen LogP contribution in [0.5, 0.6) is 0 Å². The summed E-state index contributed by atoms with van der Waals surface area (Å²) in [4.78, 5) is 27.5. The average Bonchev–Trinajstić information content (AvgIpc) is 3.04. The van der Waals surface area contributed by atoms with Crippen molar-refractivity contribution in [1.29, 1.82) is 0 Å². The van der Waals surface area contributed by atoms with Gasteiger partial charge in [-0.2, -0.15) is 0 Å². The van der Waals surface area contributed by atoms with Gasteiger partial charge in [0.2, 0.25) is 0 Å². The molecular weight excluding hydrogens is 395 g/mol. The van der Waals surface area contributed by atoms with Crippen molar-refractivity contribution in [2.75, 3.05) is 18.0 Å². The van der Waals surface area contributed by atoms with Crippen LogP contribution in [0.15, 0.2) is 11.4 Å². The molecule has 26 heavy (non-hydrogen) atoms. The topological polar surface area (TPSA) is 97.0 Å². The maximum atomic E-state index is 12.2. The Morgan fingerprint density at radius 1 is 1.27 bits per heavy atom. The Labute approximate surface area is 169 Å². The normalized spacial score (nSPS) is 14.3. The Bertz CT molecular complexity index is 713. The summed E-state index contributed by atoms with van der Waals surface area (Å²) in [5.41, 5.74) is 6.98. The molecule has 0 saturated carbocycles. The molecule has 0 spiro atoms. The van der Waals surface area contributed by atoms with Gasteiger partial charge in [0.15, 0.2) is 0 Å². The molecule has 0 unspecified atom stereocenters. The van der Waals surface area contributed by atoms with E-state index in [0.29, 0.717) is 12.2 Å². The summed E-state index contributed by atoms with van der Waals surface area (Å²) < 4.78 is 0. The first-order valence-electron chi connectivity index (χ1n) is 8.07. The summed E-state index contributed by atoms with van der Waals surface area (Å²) in [5.74, 6) is 1.65. The van der Waals surface area contributed by atoms with Gasteiger partial charge in [0.25, 0.3) is 5.91 Å². The Kier molecular flexibility index (Phi) is 8.69. The molecule has 3 rings (SSSR count). The lowest BCUT2D eigenvalue weighted by Crippen LogP contribution is -2.45. The third-order valence-electron chi connectivity index (χ3n) is 4.07. The minimum atomic E-state index is -0.113. The third-order valence-corrected chi connectivity index (χ3v) is 4.94. The van der Waals surface area contributed by atoms with Gasteiger partial charge in [-0.25, -0.2) is 15.0 Å². The number of anilines is 1. The molecule has 1 aliphatic heterocycles. The van der Waals surface area contributed by atoms with Gasteiger partial charge in [0, 0.05) is 42.8 Å². The van der Waals surface area contributed by atoms with Crippen LogP contribution in [0.25, 0.3) is 0 Å². The number of piperidine rings is 1. The van der Waals surface area contributed by atoms with Crippen LogP contribution in [-0.4, -0.2) is 40.0 Å². The van der Waals surface area contributed by atoms with Crippen molar-refractivity contribution >= 4 is 47.9 Å². The molecule has 3 heterocycles. The molecule has 0 bridgehead atoms. The lowest BCUT2D eigenvalue weighted by molar-refractivity contribution is 0.0926. The van der Waals surface area contributed by atoms with Crippen molar-refractivity contribution in [3.63, 3.8) is 0 Å². The monoisotopic (exact) mass is 418 g/mol. The molecule has 0 atom stereocenters. The Morgan fingerprint density at radius 3 is 2.54 bits per heavy atom. The summed E-state index contributed by atoms with van der Waals surface area (Å²) in [6.45, 7) is 5.99. The highest BCUT2D eigenvalue weighted by Gasteiger charge is 2.23. The van der Waals surface area contributed by atoms with E-state index in [0.717, 1.165) is 48.3 Å². The van der Waals surface area contributed by atoms with Crippen molar-refractivity contribution < 1.29 is 4.79 Å². The summed E-state index contributed by atoms with van der Waals surface area (Å²) in [6, 6.07) is 2.18. The van der Waals surface area contributed by atoms with Crippen LogP contribution in [0, 0.1) is 13.8 Å². The summed E-state index contributed by atoms with van der Waals surface area (Å²) in [7, 11) is 0. The van der Waals surface area contributed by atoms with E-state index in [-0.39, 0.29) is 36.8 Å². The number of nitrogens with zero attached hydrogens (tertiary/aromatic N) is 4. The number of aromatic nitrogens is 3. The molecule has 2 aromatic heterocycles. The van der Waals surface area contributed by atoms with Gasteiger partial charge in [0.05, 0.1) is 0 Å². The molecular formula is C16H24Cl2N6OS. The number of thiazole rings is 1. The van der Waals surface area contributed by atoms with Gasteiger partial charge in [-0.1, -0.05) is 0 Å². The van der Waals surface area contributed by atoms with E-state index >= 15 is 0 Å². The quantitative estimate of drug-likeness (QED) is 0.789. The van der Waals surface area contributed by atoms with Crippen molar-refractivity contribution in [3.05, 3.63) is 33.7 Å². The van der Waals surface area contributed by atoms with Crippen molar-refractivity contribution in [2.24, 2.45) is 5.73 Å². The highest BCUT2D eigenvalue weighted by molar-refractivity contribution is 7.09. The lowest BCUT2D eigenvalue weighted by Gasteiger charge is -2.33. The van der Waals surface area contributed by atoms with E-state index in [9.17, 15) is 4.79 Å². The van der Waals surface area contributed by atoms with Crippen LogP contribution in [0.4, 0.5) is 5.82 Å². The van der Waals surface area contributed by atoms with Gasteiger partial charge in [-0.05, 0) is 26.7 Å². The number of halogens is 2. The molecule has 7 nitrogen and oxygen atoms in total. The SMILES string of the molecule is Cc1cc(N2CCC(NC(=O)c3csc(CN)n3)CC2)nc(C)n1.Cl.Cl. The van der Waals surface area contributed by atoms with E-state index in [1.54, 1.807) is 5.38 Å². The van der Waals surface area contributed by atoms with E-state index in [4.69, 9.17) is 5.73 Å². The van der Waals surface area contributed by atoms with E-state index in [2.05, 4.69) is 25.2 Å². The van der Waals surface area contributed by atoms with Crippen LogP contribution in [0.3, 0.4) is 0 Å². The van der Waals surface area contributed by atoms with E-state index in [1.807, 2.05) is 19.9 Å². The molecule has 2 aromatic rings. The lowest BCUT2D eigenvalue weighted by atomic mass is 10.0. The summed E-state index contributed by atoms with van der Waals surface area (Å²) in [6.07, 6.45) is 1.78. The van der Waals surface area contributed by atoms with Crippen LogP contribution >= 0.6 is 36.2 Å². The molecule has 144 valence electrons. The van der Waals surface area contributed by atoms with Crippen LogP contribution < -0.4 is 16.0 Å². The van der Waals surface area contributed by atoms with Crippen LogP contribution in [0.2, 0.25) is 0 Å². The predicted octanol–water partition coefficient (Wildman–Crippen LogP) is 2.25. The number of rotatable bonds is 4. The average molecular weight is 419 g/mol. The smallest absolute Gasteiger partial charge is 0.270 e. The second kappa shape index (κ2) is 10.0. The molecule has 3 N–H and O–H groups in total. The summed E-state index contributed by atoms with van der Waals surface area (Å²) >= 11 is 1.42. The fraction of sp³-hybridized carbons (Fsp3) is 0.500. The Morgan fingerprint density at radius 2 is 1.96 bits per heavy atom. The zero-order valence-corrected chi connectivity index (χ0v) is 17.2. The van der Waals surface area contributed by atoms with Gasteiger partial charge < -0.3 is 16.0 Å². The number of aryl methyl sites for hydroxylation is 2. The van der Waals surface area contributed by atoms with E-state index < -0.39 is 0 Å². The zero-order valence-electron chi connectivity index (χ0n) is 14.8. The van der Waals surface area contributed by atoms with Gasteiger partial charge in [-0.15, -0.1) is 36.2 Å². The maximum Gasteiger partial charge on any atom is 0.270 e. The first-order chi connectivity index (χ1) is 11.5. The standard InChI is InChI=1S/C16H22N6OS.2ClH/c1-10-7-14(19-11(2)18-10)22-5-3-12(4-6-22)20-16(23)13-9-24-15(8-17)21-13;;/h7,9,12H,3-6,8,17H2,1-2H3,(H,20,23);2*1H. The molecule has 10 heteroatoms.